The van der Waals surface area contributed by atoms with E-state index in [0.29, 0.717) is 74.4 Å². The Kier molecular flexibility index (Phi) is 12.9. The lowest BCUT2D eigenvalue weighted by Gasteiger charge is -2.32. The molecule has 0 amide bonds. The first-order valence-electron chi connectivity index (χ1n) is 16.8. The van der Waals surface area contributed by atoms with Gasteiger partial charge in [-0.2, -0.15) is 10.1 Å². The molecule has 3 aromatic rings. The maximum absolute atomic E-state index is 10.5. The molecule has 264 valence electrons. The second-order valence-electron chi connectivity index (χ2n) is 12.9. The molecular formula is C33H45ClN10O5. The Hall–Kier alpha value is -4.10. The van der Waals surface area contributed by atoms with E-state index in [4.69, 9.17) is 31.2 Å². The standard InChI is InChI=1S/C33H45ClN10O5/c1-22(18-48-19-31-41-43-44(42-31)23(2)10-13-49-32(45)46)38-24-6-8-25(9-7-24)39-30-16-26(27(34)17-36-30)28-4-3-5-29(40-28)37-21-33(20-35)11-14-47-15-12-33/h3-5,16-17,22-25,38H,6-15,18-19,21H2,1-2H3,(H,36,39)(H,37,40)(H,45,46)/t22?,23-,24?,25?/m0/s1. The Morgan fingerprint density at radius 3 is 2.73 bits per heavy atom. The molecule has 2 aliphatic rings. The zero-order valence-corrected chi connectivity index (χ0v) is 28.7. The zero-order valence-electron chi connectivity index (χ0n) is 28.0. The van der Waals surface area contributed by atoms with Crippen LogP contribution in [0, 0.1) is 16.7 Å². The number of tetrazole rings is 1. The lowest BCUT2D eigenvalue weighted by molar-refractivity contribution is 0.0455. The van der Waals surface area contributed by atoms with Gasteiger partial charge in [-0.05, 0) is 75.8 Å². The lowest BCUT2D eigenvalue weighted by Crippen LogP contribution is -2.43. The van der Waals surface area contributed by atoms with Crippen LogP contribution < -0.4 is 16.0 Å². The van der Waals surface area contributed by atoms with Crippen LogP contribution in [0.15, 0.2) is 30.5 Å². The number of hydrogen-bond acceptors (Lipinski definition) is 13. The molecule has 2 fully saturated rings. The summed E-state index contributed by atoms with van der Waals surface area (Å²) >= 11 is 6.59. The van der Waals surface area contributed by atoms with Crippen molar-refractivity contribution in [2.45, 2.75) is 89.6 Å². The average molecular weight is 697 g/mol. The summed E-state index contributed by atoms with van der Waals surface area (Å²) in [6.07, 6.45) is 6.26. The predicted molar refractivity (Wildman–Crippen MR) is 182 cm³/mol. The molecule has 49 heavy (non-hydrogen) atoms. The monoisotopic (exact) mass is 696 g/mol. The fourth-order valence-electron chi connectivity index (χ4n) is 6.07. The van der Waals surface area contributed by atoms with Crippen molar-refractivity contribution in [3.63, 3.8) is 0 Å². The van der Waals surface area contributed by atoms with Gasteiger partial charge in [0.2, 0.25) is 0 Å². The van der Waals surface area contributed by atoms with E-state index in [9.17, 15) is 10.1 Å². The van der Waals surface area contributed by atoms with Crippen LogP contribution in [0.4, 0.5) is 16.4 Å². The Labute approximate surface area is 291 Å². The van der Waals surface area contributed by atoms with Gasteiger partial charge in [0.15, 0.2) is 5.82 Å². The molecule has 1 unspecified atom stereocenters. The molecule has 2 atom stereocenters. The van der Waals surface area contributed by atoms with E-state index in [1.165, 1.54) is 4.80 Å². The van der Waals surface area contributed by atoms with Crippen molar-refractivity contribution >= 4 is 29.4 Å². The highest BCUT2D eigenvalue weighted by molar-refractivity contribution is 6.33. The molecule has 1 saturated carbocycles. The fourth-order valence-corrected chi connectivity index (χ4v) is 6.27. The highest BCUT2D eigenvalue weighted by Gasteiger charge is 2.32. The highest BCUT2D eigenvalue weighted by atomic mass is 35.5. The van der Waals surface area contributed by atoms with E-state index in [-0.39, 0.29) is 25.3 Å². The van der Waals surface area contributed by atoms with Crippen LogP contribution in [0.2, 0.25) is 5.02 Å². The van der Waals surface area contributed by atoms with Crippen LogP contribution in [0.25, 0.3) is 11.3 Å². The highest BCUT2D eigenvalue weighted by Crippen LogP contribution is 2.32. The Balaban J connectivity index is 1.04. The van der Waals surface area contributed by atoms with Crippen LogP contribution in [0.1, 0.15) is 70.7 Å². The molecular weight excluding hydrogens is 652 g/mol. The SMILES string of the molecule is CC(COCc1nnn([C@@H](C)CCOC(=O)O)n1)NC1CCC(Nc2cc(-c3cccc(NCC4(C#N)CCOCC4)n3)c(Cl)cn2)CC1. The van der Waals surface area contributed by atoms with Gasteiger partial charge in [-0.1, -0.05) is 17.7 Å². The summed E-state index contributed by atoms with van der Waals surface area (Å²) in [5.41, 5.74) is 1.08. The maximum atomic E-state index is 10.5. The minimum atomic E-state index is -1.30. The summed E-state index contributed by atoms with van der Waals surface area (Å²) in [7, 11) is 0. The van der Waals surface area contributed by atoms with E-state index >= 15 is 0 Å². The number of ether oxygens (including phenoxy) is 3. The summed E-state index contributed by atoms with van der Waals surface area (Å²) in [6.45, 7) is 6.50. The molecule has 0 spiro atoms. The quantitative estimate of drug-likeness (QED) is 0.145. The third kappa shape index (κ3) is 10.7. The van der Waals surface area contributed by atoms with Gasteiger partial charge < -0.3 is 35.3 Å². The summed E-state index contributed by atoms with van der Waals surface area (Å²) in [5, 5.41) is 42.0. The topological polar surface area (TPSA) is 194 Å². The number of aromatic nitrogens is 6. The number of nitrogens with one attached hydrogen (secondary N) is 3. The number of hydrogen-bond donors (Lipinski definition) is 4. The number of carbonyl (C=O) groups is 1. The van der Waals surface area contributed by atoms with Gasteiger partial charge in [-0.3, -0.25) is 0 Å². The van der Waals surface area contributed by atoms with E-state index in [1.807, 2.05) is 31.2 Å². The van der Waals surface area contributed by atoms with Gasteiger partial charge in [-0.15, -0.1) is 10.2 Å². The van der Waals surface area contributed by atoms with Gasteiger partial charge in [0.05, 0.1) is 41.5 Å². The van der Waals surface area contributed by atoms with E-state index in [1.54, 1.807) is 6.20 Å². The van der Waals surface area contributed by atoms with Crippen molar-refractivity contribution in [3.05, 3.63) is 41.3 Å². The number of halogens is 1. The number of rotatable bonds is 16. The first kappa shape index (κ1) is 36.2. The van der Waals surface area contributed by atoms with Gasteiger partial charge in [0.1, 0.15) is 18.2 Å². The molecule has 0 radical (unpaired) electrons. The van der Waals surface area contributed by atoms with Crippen LogP contribution >= 0.6 is 11.6 Å². The minimum absolute atomic E-state index is 0.0683. The number of pyridine rings is 2. The number of carboxylic acid groups (broad SMARTS) is 1. The van der Waals surface area contributed by atoms with Gasteiger partial charge >= 0.3 is 6.16 Å². The normalized spacial score (nSPS) is 20.1. The van der Waals surface area contributed by atoms with Gasteiger partial charge in [0, 0.05) is 56.1 Å². The van der Waals surface area contributed by atoms with Gasteiger partial charge in [-0.25, -0.2) is 14.8 Å². The van der Waals surface area contributed by atoms with Gasteiger partial charge in [0.25, 0.3) is 0 Å². The van der Waals surface area contributed by atoms with Crippen molar-refractivity contribution in [2.75, 3.05) is 43.6 Å². The zero-order chi connectivity index (χ0) is 34.6. The molecule has 1 saturated heterocycles. The van der Waals surface area contributed by atoms with Crippen LogP contribution in [0.5, 0.6) is 0 Å². The van der Waals surface area contributed by atoms with Crippen LogP contribution in [-0.4, -0.2) is 92.5 Å². The molecule has 15 nitrogen and oxygen atoms in total. The summed E-state index contributed by atoms with van der Waals surface area (Å²) in [4.78, 5) is 21.3. The molecule has 4 N–H and O–H groups in total. The largest absolute Gasteiger partial charge is 0.505 e. The van der Waals surface area contributed by atoms with Crippen LogP contribution in [0.3, 0.4) is 0 Å². The van der Waals surface area contributed by atoms with E-state index in [2.05, 4.69) is 54.1 Å². The number of anilines is 2. The molecule has 3 aromatic heterocycles. The number of nitrogens with zero attached hydrogens (tertiary/aromatic N) is 7. The third-order valence-electron chi connectivity index (χ3n) is 9.00. The smallest absolute Gasteiger partial charge is 0.450 e. The molecule has 5 rings (SSSR count). The predicted octanol–water partition coefficient (Wildman–Crippen LogP) is 5.08. The molecule has 0 aromatic carbocycles. The Morgan fingerprint density at radius 1 is 1.20 bits per heavy atom. The van der Waals surface area contributed by atoms with Crippen molar-refractivity contribution in [3.8, 4) is 17.3 Å². The minimum Gasteiger partial charge on any atom is -0.450 e. The lowest BCUT2D eigenvalue weighted by atomic mass is 9.82. The van der Waals surface area contributed by atoms with Crippen LogP contribution in [-0.2, 0) is 20.8 Å². The third-order valence-corrected chi connectivity index (χ3v) is 9.30. The first-order valence-corrected chi connectivity index (χ1v) is 17.2. The van der Waals surface area contributed by atoms with E-state index in [0.717, 1.165) is 42.8 Å². The summed E-state index contributed by atoms with van der Waals surface area (Å²) < 4.78 is 15.8. The Bertz CT molecular complexity index is 1550. The van der Waals surface area contributed by atoms with Crippen molar-refractivity contribution in [1.82, 2.24) is 35.5 Å². The molecule has 4 heterocycles. The van der Waals surface area contributed by atoms with E-state index < -0.39 is 11.6 Å². The maximum Gasteiger partial charge on any atom is 0.505 e. The molecule has 1 aliphatic heterocycles. The van der Waals surface area contributed by atoms with Crippen molar-refractivity contribution in [2.24, 2.45) is 5.41 Å². The second kappa shape index (κ2) is 17.5. The second-order valence-corrected chi connectivity index (χ2v) is 13.3. The molecule has 1 aliphatic carbocycles. The fraction of sp³-hybridized carbons (Fsp3) is 0.606. The Morgan fingerprint density at radius 2 is 1.98 bits per heavy atom. The molecule has 0 bridgehead atoms. The average Bonchev–Trinajstić information content (AvgIpc) is 3.58. The number of nitriles is 1. The first-order chi connectivity index (χ1) is 23.7. The molecule has 16 heteroatoms. The summed E-state index contributed by atoms with van der Waals surface area (Å²) in [6, 6.07) is 10.9. The summed E-state index contributed by atoms with van der Waals surface area (Å²) in [5.74, 6) is 1.93. The van der Waals surface area contributed by atoms with Crippen molar-refractivity contribution < 1.29 is 24.1 Å². The van der Waals surface area contributed by atoms with Crippen molar-refractivity contribution in [1.29, 1.82) is 5.26 Å².